The number of rotatable bonds is 6. The molecule has 0 bridgehead atoms. The van der Waals surface area contributed by atoms with Crippen molar-refractivity contribution in [2.24, 2.45) is 0 Å². The van der Waals surface area contributed by atoms with E-state index >= 15 is 0 Å². The molecule has 0 unspecified atom stereocenters. The summed E-state index contributed by atoms with van der Waals surface area (Å²) in [5.41, 5.74) is 2.46. The van der Waals surface area contributed by atoms with Crippen LogP contribution in [0.3, 0.4) is 0 Å². The Hall–Kier alpha value is -2.95. The van der Waals surface area contributed by atoms with Crippen LogP contribution in [0.15, 0.2) is 47.4 Å². The Labute approximate surface area is 194 Å². The van der Waals surface area contributed by atoms with Gasteiger partial charge in [-0.05, 0) is 43.3 Å². The molecule has 33 heavy (non-hydrogen) atoms. The second kappa shape index (κ2) is 9.50. The van der Waals surface area contributed by atoms with E-state index in [1.54, 1.807) is 11.0 Å². The van der Waals surface area contributed by atoms with Gasteiger partial charge in [0.2, 0.25) is 15.9 Å². The maximum atomic E-state index is 13.0. The topological polar surface area (TPSA) is 99.3 Å². The van der Waals surface area contributed by atoms with Crippen LogP contribution in [-0.4, -0.2) is 83.5 Å². The number of hydrogen-bond donors (Lipinski definition) is 1. The van der Waals surface area contributed by atoms with Crippen molar-refractivity contribution in [1.29, 1.82) is 0 Å². The van der Waals surface area contributed by atoms with Gasteiger partial charge >= 0.3 is 0 Å². The van der Waals surface area contributed by atoms with Crippen molar-refractivity contribution >= 4 is 27.5 Å². The minimum atomic E-state index is -3.78. The number of benzene rings is 2. The Balaban J connectivity index is 1.38. The fraction of sp³-hybridized carbons (Fsp3) is 0.391. The molecule has 4 rings (SSSR count). The highest BCUT2D eigenvalue weighted by atomic mass is 32.2. The summed E-state index contributed by atoms with van der Waals surface area (Å²) in [6.45, 7) is 3.08. The predicted octanol–water partition coefficient (Wildman–Crippen LogP) is 0.950. The van der Waals surface area contributed by atoms with E-state index < -0.39 is 10.0 Å². The molecule has 2 amide bonds. The van der Waals surface area contributed by atoms with Crippen molar-refractivity contribution in [3.05, 3.63) is 53.6 Å². The summed E-state index contributed by atoms with van der Waals surface area (Å²) >= 11 is 0. The molecular weight excluding hydrogens is 444 g/mol. The molecule has 10 heteroatoms. The molecule has 2 heterocycles. The van der Waals surface area contributed by atoms with Gasteiger partial charge in [-0.1, -0.05) is 18.2 Å². The van der Waals surface area contributed by atoms with Crippen molar-refractivity contribution in [3.8, 4) is 5.75 Å². The lowest BCUT2D eigenvalue weighted by Crippen LogP contribution is -2.51. The number of carbonyl (C=O) groups is 2. The fourth-order valence-corrected chi connectivity index (χ4v) is 5.21. The van der Waals surface area contributed by atoms with Crippen molar-refractivity contribution < 1.29 is 22.7 Å². The average molecular weight is 473 g/mol. The highest BCUT2D eigenvalue weighted by Gasteiger charge is 2.29. The summed E-state index contributed by atoms with van der Waals surface area (Å²) in [7, 11) is -1.08. The van der Waals surface area contributed by atoms with Crippen molar-refractivity contribution in [2.45, 2.75) is 11.3 Å². The Kier molecular flexibility index (Phi) is 6.68. The van der Waals surface area contributed by atoms with E-state index in [0.717, 1.165) is 12.1 Å². The van der Waals surface area contributed by atoms with Crippen molar-refractivity contribution in [3.63, 3.8) is 0 Å². The van der Waals surface area contributed by atoms with E-state index in [1.807, 2.05) is 23.1 Å². The quantitative estimate of drug-likeness (QED) is 0.672. The van der Waals surface area contributed by atoms with Gasteiger partial charge in [0.05, 0.1) is 13.7 Å². The van der Waals surface area contributed by atoms with Crippen LogP contribution in [0.2, 0.25) is 0 Å². The van der Waals surface area contributed by atoms with Crippen LogP contribution in [0.1, 0.15) is 15.9 Å². The number of amides is 2. The maximum Gasteiger partial charge on any atom is 0.253 e. The summed E-state index contributed by atoms with van der Waals surface area (Å²) in [5, 5.41) is 0. The number of carbonyl (C=O) groups excluding carboxylic acids is 2. The Morgan fingerprint density at radius 1 is 1.03 bits per heavy atom. The first-order chi connectivity index (χ1) is 15.8. The first-order valence-electron chi connectivity index (χ1n) is 10.9. The largest absolute Gasteiger partial charge is 0.495 e. The lowest BCUT2D eigenvalue weighted by molar-refractivity contribution is -0.120. The second-order valence-corrected chi connectivity index (χ2v) is 9.92. The Bertz CT molecular complexity index is 1160. The minimum Gasteiger partial charge on any atom is -0.495 e. The van der Waals surface area contributed by atoms with Crippen LogP contribution in [-0.2, 0) is 21.2 Å². The van der Waals surface area contributed by atoms with E-state index in [1.165, 1.54) is 31.9 Å². The molecule has 0 spiro atoms. The molecule has 9 nitrogen and oxygen atoms in total. The summed E-state index contributed by atoms with van der Waals surface area (Å²) in [4.78, 5) is 31.4. The third kappa shape index (κ3) is 4.73. The maximum absolute atomic E-state index is 13.0. The number of sulfonamides is 1. The zero-order valence-electron chi connectivity index (χ0n) is 18.8. The van der Waals surface area contributed by atoms with Gasteiger partial charge in [0.15, 0.2) is 0 Å². The molecule has 0 atom stereocenters. The van der Waals surface area contributed by atoms with E-state index in [9.17, 15) is 18.0 Å². The lowest BCUT2D eigenvalue weighted by atomic mass is 10.1. The van der Waals surface area contributed by atoms with Crippen LogP contribution in [0.25, 0.3) is 0 Å². The molecule has 176 valence electrons. The molecule has 2 aliphatic heterocycles. The van der Waals surface area contributed by atoms with Gasteiger partial charge < -0.3 is 14.5 Å². The first-order valence-corrected chi connectivity index (χ1v) is 12.3. The van der Waals surface area contributed by atoms with Gasteiger partial charge in [-0.25, -0.2) is 13.1 Å². The molecule has 1 fully saturated rings. The zero-order chi connectivity index (χ0) is 23.6. The SMILES string of the molecule is CNS(=O)(=O)c1cc(C(=O)N2CCN(CC(=O)N3CCc4ccccc43)CC2)ccc1OC. The number of anilines is 1. The van der Waals surface area contributed by atoms with Crippen LogP contribution < -0.4 is 14.4 Å². The minimum absolute atomic E-state index is 0.0665. The summed E-state index contributed by atoms with van der Waals surface area (Å²) in [6, 6.07) is 12.4. The molecule has 2 aromatic carbocycles. The van der Waals surface area contributed by atoms with Gasteiger partial charge in [0, 0.05) is 44.0 Å². The van der Waals surface area contributed by atoms with Crippen LogP contribution in [0, 0.1) is 0 Å². The number of fused-ring (bicyclic) bond motifs is 1. The Morgan fingerprint density at radius 2 is 1.76 bits per heavy atom. The molecule has 0 aliphatic carbocycles. The van der Waals surface area contributed by atoms with Crippen LogP contribution in [0.5, 0.6) is 5.75 Å². The van der Waals surface area contributed by atoms with Gasteiger partial charge in [0.25, 0.3) is 5.91 Å². The molecule has 1 saturated heterocycles. The van der Waals surface area contributed by atoms with Crippen molar-refractivity contribution in [1.82, 2.24) is 14.5 Å². The normalized spacial score (nSPS) is 16.5. The first kappa shape index (κ1) is 23.2. The molecule has 0 aromatic heterocycles. The average Bonchev–Trinajstić information content (AvgIpc) is 3.28. The van der Waals surface area contributed by atoms with E-state index in [0.29, 0.717) is 39.3 Å². The number of hydrogen-bond acceptors (Lipinski definition) is 6. The molecule has 2 aromatic rings. The van der Waals surface area contributed by atoms with Gasteiger partial charge in [-0.3, -0.25) is 14.5 Å². The van der Waals surface area contributed by atoms with E-state index in [-0.39, 0.29) is 28.0 Å². The van der Waals surface area contributed by atoms with Gasteiger partial charge in [-0.2, -0.15) is 0 Å². The smallest absolute Gasteiger partial charge is 0.253 e. The summed E-state index contributed by atoms with van der Waals surface area (Å²) < 4.78 is 32.0. The lowest BCUT2D eigenvalue weighted by Gasteiger charge is -2.35. The van der Waals surface area contributed by atoms with Crippen molar-refractivity contribution in [2.75, 3.05) is 58.3 Å². The summed E-state index contributed by atoms with van der Waals surface area (Å²) in [6.07, 6.45) is 0.872. The number of piperazine rings is 1. The molecule has 1 N–H and O–H groups in total. The third-order valence-electron chi connectivity index (χ3n) is 6.18. The second-order valence-electron chi connectivity index (χ2n) is 8.07. The van der Waals surface area contributed by atoms with Gasteiger partial charge in [0.1, 0.15) is 10.6 Å². The number of para-hydroxylation sites is 1. The molecule has 2 aliphatic rings. The molecule has 0 radical (unpaired) electrons. The predicted molar refractivity (Wildman–Crippen MR) is 124 cm³/mol. The van der Waals surface area contributed by atoms with Crippen LogP contribution in [0.4, 0.5) is 5.69 Å². The highest BCUT2D eigenvalue weighted by Crippen LogP contribution is 2.28. The Morgan fingerprint density at radius 3 is 2.45 bits per heavy atom. The van der Waals surface area contributed by atoms with E-state index in [2.05, 4.69) is 15.7 Å². The monoisotopic (exact) mass is 472 g/mol. The van der Waals surface area contributed by atoms with Crippen LogP contribution >= 0.6 is 0 Å². The highest BCUT2D eigenvalue weighted by molar-refractivity contribution is 7.89. The fourth-order valence-electron chi connectivity index (χ4n) is 4.30. The standard InChI is InChI=1S/C23H28N4O5S/c1-24-33(30,31)21-15-18(7-8-20(21)32-2)23(29)26-13-11-25(12-14-26)16-22(28)27-10-9-17-5-3-4-6-19(17)27/h3-8,15,24H,9-14,16H2,1-2H3. The summed E-state index contributed by atoms with van der Waals surface area (Å²) in [5.74, 6) is -0.00540. The number of ether oxygens (including phenoxy) is 1. The third-order valence-corrected chi connectivity index (χ3v) is 7.61. The van der Waals surface area contributed by atoms with Gasteiger partial charge in [-0.15, -0.1) is 0 Å². The zero-order valence-corrected chi connectivity index (χ0v) is 19.6. The molecular formula is C23H28N4O5S. The number of nitrogens with zero attached hydrogens (tertiary/aromatic N) is 3. The van der Waals surface area contributed by atoms with E-state index in [4.69, 9.17) is 4.74 Å². The number of methoxy groups -OCH3 is 1. The molecule has 0 saturated carbocycles. The number of nitrogens with one attached hydrogen (secondary N) is 1.